The molecule has 114 valence electrons. The first-order chi connectivity index (χ1) is 10.6. The number of hydrogen-bond acceptors (Lipinski definition) is 6. The van der Waals surface area contributed by atoms with Crippen LogP contribution in [0.5, 0.6) is 0 Å². The van der Waals surface area contributed by atoms with Gasteiger partial charge < -0.3 is 5.32 Å². The van der Waals surface area contributed by atoms with E-state index in [1.54, 1.807) is 10.7 Å². The van der Waals surface area contributed by atoms with Crippen LogP contribution in [0.25, 0.3) is 5.78 Å². The van der Waals surface area contributed by atoms with Crippen molar-refractivity contribution < 1.29 is 4.79 Å². The number of rotatable bonds is 5. The minimum Gasteiger partial charge on any atom is -0.351 e. The zero-order valence-corrected chi connectivity index (χ0v) is 13.2. The van der Waals surface area contributed by atoms with Gasteiger partial charge in [0, 0.05) is 18.9 Å². The van der Waals surface area contributed by atoms with Gasteiger partial charge in [-0.3, -0.25) is 4.79 Å². The van der Waals surface area contributed by atoms with Crippen molar-refractivity contribution in [3.63, 3.8) is 0 Å². The number of carbonyl (C=O) groups excluding carboxylic acids is 1. The van der Waals surface area contributed by atoms with Gasteiger partial charge in [0.2, 0.25) is 0 Å². The Labute approximate surface area is 131 Å². The standard InChI is InChI=1S/C14H16N6OS/c1-9-12(22-10(2)19-9)13(21)15-5-3-4-11-6-16-14-17-8-18-20(14)7-11/h6-8H,3-5H2,1-2H3,(H,15,21). The summed E-state index contributed by atoms with van der Waals surface area (Å²) in [4.78, 5) is 25.2. The lowest BCUT2D eigenvalue weighted by atomic mass is 10.2. The van der Waals surface area contributed by atoms with Crippen LogP contribution in [-0.2, 0) is 6.42 Å². The predicted octanol–water partition coefficient (Wildman–Crippen LogP) is 1.56. The minimum absolute atomic E-state index is 0.0482. The van der Waals surface area contributed by atoms with E-state index in [2.05, 4.69) is 25.4 Å². The van der Waals surface area contributed by atoms with Crippen molar-refractivity contribution in [1.29, 1.82) is 0 Å². The number of amides is 1. The lowest BCUT2D eigenvalue weighted by molar-refractivity contribution is 0.0956. The molecule has 3 rings (SSSR count). The van der Waals surface area contributed by atoms with Crippen LogP contribution in [0.2, 0.25) is 0 Å². The van der Waals surface area contributed by atoms with Crippen LogP contribution in [-0.4, -0.2) is 37.0 Å². The molecule has 1 amide bonds. The zero-order chi connectivity index (χ0) is 15.5. The molecule has 3 heterocycles. The summed E-state index contributed by atoms with van der Waals surface area (Å²) in [5.41, 5.74) is 1.86. The third kappa shape index (κ3) is 3.11. The fourth-order valence-corrected chi connectivity index (χ4v) is 3.04. The third-order valence-corrected chi connectivity index (χ3v) is 4.30. The first-order valence-electron chi connectivity index (χ1n) is 7.00. The van der Waals surface area contributed by atoms with Gasteiger partial charge in [0.25, 0.3) is 11.7 Å². The molecule has 3 aromatic rings. The number of aromatic nitrogens is 5. The lowest BCUT2D eigenvalue weighted by Crippen LogP contribution is -2.24. The van der Waals surface area contributed by atoms with E-state index in [1.807, 2.05) is 20.0 Å². The first-order valence-corrected chi connectivity index (χ1v) is 7.81. The molecule has 0 unspecified atom stereocenters. The summed E-state index contributed by atoms with van der Waals surface area (Å²) >= 11 is 1.43. The van der Waals surface area contributed by atoms with Gasteiger partial charge in [-0.25, -0.2) is 14.5 Å². The number of fused-ring (bicyclic) bond motifs is 1. The molecule has 3 aromatic heterocycles. The second-order valence-electron chi connectivity index (χ2n) is 4.97. The fraction of sp³-hybridized carbons (Fsp3) is 0.357. The fourth-order valence-electron chi connectivity index (χ4n) is 2.20. The Kier molecular flexibility index (Phi) is 4.10. The largest absolute Gasteiger partial charge is 0.351 e. The van der Waals surface area contributed by atoms with Crippen LogP contribution < -0.4 is 5.32 Å². The van der Waals surface area contributed by atoms with Gasteiger partial charge in [-0.15, -0.1) is 11.3 Å². The van der Waals surface area contributed by atoms with Gasteiger partial charge in [-0.1, -0.05) is 0 Å². The van der Waals surface area contributed by atoms with Crippen molar-refractivity contribution in [3.8, 4) is 0 Å². The van der Waals surface area contributed by atoms with E-state index in [9.17, 15) is 4.79 Å². The van der Waals surface area contributed by atoms with Gasteiger partial charge in [0.05, 0.1) is 10.7 Å². The molecule has 22 heavy (non-hydrogen) atoms. The van der Waals surface area contributed by atoms with Crippen molar-refractivity contribution >= 4 is 23.0 Å². The minimum atomic E-state index is -0.0482. The number of nitrogens with zero attached hydrogens (tertiary/aromatic N) is 5. The van der Waals surface area contributed by atoms with E-state index in [0.29, 0.717) is 17.2 Å². The van der Waals surface area contributed by atoms with E-state index >= 15 is 0 Å². The van der Waals surface area contributed by atoms with Gasteiger partial charge in [0.15, 0.2) is 0 Å². The Morgan fingerprint density at radius 1 is 1.36 bits per heavy atom. The maximum Gasteiger partial charge on any atom is 0.263 e. The van der Waals surface area contributed by atoms with Crippen LogP contribution >= 0.6 is 11.3 Å². The SMILES string of the molecule is Cc1nc(C)c(C(=O)NCCCc2cnc3ncnn3c2)s1. The molecular formula is C14H16N6OS. The summed E-state index contributed by atoms with van der Waals surface area (Å²) in [6.45, 7) is 4.38. The quantitative estimate of drug-likeness (QED) is 0.722. The van der Waals surface area contributed by atoms with Crippen LogP contribution in [0.4, 0.5) is 0 Å². The molecular weight excluding hydrogens is 300 g/mol. The maximum absolute atomic E-state index is 12.1. The Hall–Kier alpha value is -2.35. The Morgan fingerprint density at radius 2 is 2.23 bits per heavy atom. The summed E-state index contributed by atoms with van der Waals surface area (Å²) < 4.78 is 1.65. The number of nitrogens with one attached hydrogen (secondary N) is 1. The first kappa shape index (κ1) is 14.6. The van der Waals surface area contributed by atoms with E-state index in [-0.39, 0.29) is 5.91 Å². The highest BCUT2D eigenvalue weighted by molar-refractivity contribution is 7.13. The second kappa shape index (κ2) is 6.18. The van der Waals surface area contributed by atoms with E-state index < -0.39 is 0 Å². The molecule has 0 fully saturated rings. The summed E-state index contributed by atoms with van der Waals surface area (Å²) in [7, 11) is 0. The number of thiazole rings is 1. The molecule has 0 aliphatic carbocycles. The van der Waals surface area contributed by atoms with Crippen LogP contribution in [0, 0.1) is 13.8 Å². The summed E-state index contributed by atoms with van der Waals surface area (Å²) in [5, 5.41) is 7.90. The maximum atomic E-state index is 12.1. The van der Waals surface area contributed by atoms with Gasteiger partial charge in [-0.2, -0.15) is 10.1 Å². The molecule has 0 aromatic carbocycles. The molecule has 0 aliphatic rings. The highest BCUT2D eigenvalue weighted by Gasteiger charge is 2.12. The van der Waals surface area contributed by atoms with Crippen molar-refractivity contribution in [3.05, 3.63) is 39.9 Å². The molecule has 8 heteroatoms. The molecule has 0 saturated heterocycles. The normalized spacial score (nSPS) is 11.0. The molecule has 0 bridgehead atoms. The van der Waals surface area contributed by atoms with Gasteiger partial charge in [0.1, 0.15) is 11.2 Å². The van der Waals surface area contributed by atoms with Crippen LogP contribution in [0.3, 0.4) is 0 Å². The Bertz CT molecular complexity index is 809. The van der Waals surface area contributed by atoms with E-state index in [0.717, 1.165) is 29.1 Å². The predicted molar refractivity (Wildman–Crippen MR) is 83.0 cm³/mol. The molecule has 0 spiro atoms. The molecule has 0 aliphatic heterocycles. The van der Waals surface area contributed by atoms with Crippen LogP contribution in [0.1, 0.15) is 32.4 Å². The molecule has 0 atom stereocenters. The van der Waals surface area contributed by atoms with E-state index in [4.69, 9.17) is 0 Å². The average molecular weight is 316 g/mol. The van der Waals surface area contributed by atoms with Crippen molar-refractivity contribution in [2.45, 2.75) is 26.7 Å². The van der Waals surface area contributed by atoms with Gasteiger partial charge >= 0.3 is 0 Å². The van der Waals surface area contributed by atoms with Gasteiger partial charge in [-0.05, 0) is 32.3 Å². The topological polar surface area (TPSA) is 85.1 Å². The third-order valence-electron chi connectivity index (χ3n) is 3.23. The molecule has 1 N–H and O–H groups in total. The highest BCUT2D eigenvalue weighted by Crippen LogP contribution is 2.16. The Morgan fingerprint density at radius 3 is 3.00 bits per heavy atom. The number of carbonyl (C=O) groups is 1. The summed E-state index contributed by atoms with van der Waals surface area (Å²) in [5.74, 6) is 0.543. The summed E-state index contributed by atoms with van der Waals surface area (Å²) in [6.07, 6.45) is 6.84. The van der Waals surface area contributed by atoms with Crippen molar-refractivity contribution in [1.82, 2.24) is 29.9 Å². The summed E-state index contributed by atoms with van der Waals surface area (Å²) in [6, 6.07) is 0. The highest BCUT2D eigenvalue weighted by atomic mass is 32.1. The Balaban J connectivity index is 1.50. The molecule has 7 nitrogen and oxygen atoms in total. The smallest absolute Gasteiger partial charge is 0.263 e. The second-order valence-corrected chi connectivity index (χ2v) is 6.18. The molecule has 0 radical (unpaired) electrons. The number of hydrogen-bond donors (Lipinski definition) is 1. The van der Waals surface area contributed by atoms with E-state index in [1.165, 1.54) is 17.7 Å². The monoisotopic (exact) mass is 316 g/mol. The van der Waals surface area contributed by atoms with Crippen molar-refractivity contribution in [2.75, 3.05) is 6.54 Å². The molecule has 0 saturated carbocycles. The lowest BCUT2D eigenvalue weighted by Gasteiger charge is -2.04. The number of aryl methyl sites for hydroxylation is 3. The van der Waals surface area contributed by atoms with Crippen molar-refractivity contribution in [2.24, 2.45) is 0 Å². The van der Waals surface area contributed by atoms with Crippen LogP contribution in [0.15, 0.2) is 18.7 Å². The average Bonchev–Trinajstić information content (AvgIpc) is 3.08. The zero-order valence-electron chi connectivity index (χ0n) is 12.4.